The van der Waals surface area contributed by atoms with Crippen LogP contribution in [0.4, 0.5) is 0 Å². The molecule has 5 atom stereocenters. The van der Waals surface area contributed by atoms with Crippen molar-refractivity contribution in [3.63, 3.8) is 0 Å². The summed E-state index contributed by atoms with van der Waals surface area (Å²) in [6.45, 7) is 4.28. The van der Waals surface area contributed by atoms with Crippen LogP contribution in [0.3, 0.4) is 0 Å². The smallest absolute Gasteiger partial charge is 0.303 e. The van der Waals surface area contributed by atoms with Crippen molar-refractivity contribution in [2.45, 2.75) is 58.4 Å². The van der Waals surface area contributed by atoms with E-state index in [2.05, 4.69) is 6.07 Å². The average Bonchev–Trinajstić information content (AvgIpc) is 2.86. The van der Waals surface area contributed by atoms with Gasteiger partial charge in [-0.05, 0) is 35.4 Å². The van der Waals surface area contributed by atoms with Gasteiger partial charge >= 0.3 is 23.9 Å². The van der Waals surface area contributed by atoms with Crippen LogP contribution in [0.15, 0.2) is 48.5 Å². The minimum atomic E-state index is -1.33. The molecule has 1 fully saturated rings. The van der Waals surface area contributed by atoms with E-state index in [9.17, 15) is 19.2 Å². The van der Waals surface area contributed by atoms with Crippen molar-refractivity contribution in [2.75, 3.05) is 6.61 Å². The van der Waals surface area contributed by atoms with E-state index in [4.69, 9.17) is 33.7 Å². The summed E-state index contributed by atoms with van der Waals surface area (Å²) in [7, 11) is 0. The Balaban J connectivity index is 1.91. The number of esters is 4. The maximum Gasteiger partial charge on any atom is 0.303 e. The summed E-state index contributed by atoms with van der Waals surface area (Å²) in [6, 6.07) is 16.0. The van der Waals surface area contributed by atoms with E-state index in [0.29, 0.717) is 11.3 Å². The largest absolute Gasteiger partial charge is 0.463 e. The van der Waals surface area contributed by atoms with Gasteiger partial charge in [-0.2, -0.15) is 5.26 Å². The van der Waals surface area contributed by atoms with Crippen LogP contribution < -0.4 is 4.74 Å². The molecule has 11 heteroatoms. The molecule has 1 aliphatic rings. The van der Waals surface area contributed by atoms with Crippen LogP contribution in [0.5, 0.6) is 5.75 Å². The van der Waals surface area contributed by atoms with E-state index in [1.165, 1.54) is 6.92 Å². The van der Waals surface area contributed by atoms with Crippen molar-refractivity contribution in [3.05, 3.63) is 54.1 Å². The predicted octanol–water partition coefficient (Wildman–Crippen LogP) is 2.69. The standard InChI is InChI=1S/C27H27NO10/c1-15(29)33-14-23-24(34-16(2)30)25(35-17(3)31)26(36-18(4)32)27(38-23)37-22-11-9-21(10-12-22)20-7-5-19(13-28)6-8-20/h5-12,23-27H,14H2,1-4H3/t23-,24-,25+,26-,27-/m1/s1. The monoisotopic (exact) mass is 525 g/mol. The topological polar surface area (TPSA) is 147 Å². The molecule has 0 unspecified atom stereocenters. The number of rotatable bonds is 8. The van der Waals surface area contributed by atoms with Crippen LogP contribution in [-0.2, 0) is 42.9 Å². The van der Waals surface area contributed by atoms with E-state index in [-0.39, 0.29) is 6.61 Å². The second-order valence-corrected chi connectivity index (χ2v) is 8.40. The fourth-order valence-electron chi connectivity index (χ4n) is 3.88. The third-order valence-corrected chi connectivity index (χ3v) is 5.40. The molecule has 0 N–H and O–H groups in total. The molecular weight excluding hydrogens is 498 g/mol. The minimum Gasteiger partial charge on any atom is -0.463 e. The molecule has 11 nitrogen and oxygen atoms in total. The molecular formula is C27H27NO10. The molecule has 0 radical (unpaired) electrons. The number of carbonyl (C=O) groups is 4. The molecule has 1 heterocycles. The number of benzene rings is 2. The number of ether oxygens (including phenoxy) is 6. The van der Waals surface area contributed by atoms with Crippen LogP contribution in [0.2, 0.25) is 0 Å². The third kappa shape index (κ3) is 7.54. The van der Waals surface area contributed by atoms with Gasteiger partial charge in [0.2, 0.25) is 12.4 Å². The Morgan fingerprint density at radius 3 is 1.74 bits per heavy atom. The number of nitrogens with zero attached hydrogens (tertiary/aromatic N) is 1. The molecule has 2 aromatic carbocycles. The van der Waals surface area contributed by atoms with E-state index in [0.717, 1.165) is 31.9 Å². The second-order valence-electron chi connectivity index (χ2n) is 8.40. The first kappa shape index (κ1) is 28.1. The summed E-state index contributed by atoms with van der Waals surface area (Å²) in [5.74, 6) is -2.47. The zero-order valence-electron chi connectivity index (χ0n) is 21.2. The van der Waals surface area contributed by atoms with E-state index >= 15 is 0 Å². The molecule has 2 aromatic rings. The Labute approximate surface area is 219 Å². The number of hydrogen-bond donors (Lipinski definition) is 0. The lowest BCUT2D eigenvalue weighted by Crippen LogP contribution is -2.63. The SMILES string of the molecule is CC(=O)OC[C@H]1O[C@@H](Oc2ccc(-c3ccc(C#N)cc3)cc2)[C@H](OC(C)=O)[C@@H](OC(C)=O)[C@@H]1OC(C)=O. The molecule has 0 spiro atoms. The quantitative estimate of drug-likeness (QED) is 0.370. The lowest BCUT2D eigenvalue weighted by Gasteiger charge is -2.43. The van der Waals surface area contributed by atoms with Gasteiger partial charge in [-0.15, -0.1) is 0 Å². The molecule has 0 aromatic heterocycles. The fraction of sp³-hybridized carbons (Fsp3) is 0.370. The summed E-state index contributed by atoms with van der Waals surface area (Å²) < 4.78 is 33.1. The maximum absolute atomic E-state index is 11.9. The van der Waals surface area contributed by atoms with E-state index in [1.54, 1.807) is 36.4 Å². The number of nitriles is 1. The molecule has 1 aliphatic heterocycles. The lowest BCUT2D eigenvalue weighted by molar-refractivity contribution is -0.288. The van der Waals surface area contributed by atoms with E-state index < -0.39 is 54.6 Å². The lowest BCUT2D eigenvalue weighted by atomic mass is 9.98. The van der Waals surface area contributed by atoms with Crippen molar-refractivity contribution in [1.82, 2.24) is 0 Å². The van der Waals surface area contributed by atoms with Crippen molar-refractivity contribution < 1.29 is 47.6 Å². The highest BCUT2D eigenvalue weighted by atomic mass is 16.7. The summed E-state index contributed by atoms with van der Waals surface area (Å²) in [6.07, 6.45) is -6.35. The van der Waals surface area contributed by atoms with Crippen LogP contribution in [-0.4, -0.2) is 61.2 Å². The Hall–Kier alpha value is -4.43. The highest BCUT2D eigenvalue weighted by molar-refractivity contribution is 5.69. The molecule has 0 aliphatic carbocycles. The molecule has 3 rings (SSSR count). The molecule has 0 bridgehead atoms. The normalized spacial score (nSPS) is 22.3. The van der Waals surface area contributed by atoms with Gasteiger partial charge in [-0.25, -0.2) is 0 Å². The van der Waals surface area contributed by atoms with E-state index in [1.807, 2.05) is 12.1 Å². The van der Waals surface area contributed by atoms with Gasteiger partial charge in [0.25, 0.3) is 0 Å². The molecule has 0 amide bonds. The Morgan fingerprint density at radius 2 is 1.24 bits per heavy atom. The first-order valence-electron chi connectivity index (χ1n) is 11.6. The molecule has 200 valence electrons. The zero-order valence-corrected chi connectivity index (χ0v) is 21.2. The minimum absolute atomic E-state index is 0.322. The van der Waals surface area contributed by atoms with Crippen molar-refractivity contribution >= 4 is 23.9 Å². The molecule has 0 saturated carbocycles. The van der Waals surface area contributed by atoms with Crippen LogP contribution in [0, 0.1) is 11.3 Å². The molecule has 1 saturated heterocycles. The van der Waals surface area contributed by atoms with Crippen molar-refractivity contribution in [1.29, 1.82) is 5.26 Å². The maximum atomic E-state index is 11.9. The first-order chi connectivity index (χ1) is 18.1. The highest BCUT2D eigenvalue weighted by Crippen LogP contribution is 2.32. The van der Waals surface area contributed by atoms with Gasteiger partial charge in [0.15, 0.2) is 12.2 Å². The average molecular weight is 526 g/mol. The van der Waals surface area contributed by atoms with Crippen molar-refractivity contribution in [3.8, 4) is 22.9 Å². The first-order valence-corrected chi connectivity index (χ1v) is 11.6. The van der Waals surface area contributed by atoms with Crippen LogP contribution >= 0.6 is 0 Å². The summed E-state index contributed by atoms with van der Waals surface area (Å²) in [5.41, 5.74) is 2.27. The summed E-state index contributed by atoms with van der Waals surface area (Å²) in [5, 5.41) is 8.99. The zero-order chi connectivity index (χ0) is 27.8. The van der Waals surface area contributed by atoms with Gasteiger partial charge < -0.3 is 28.4 Å². The van der Waals surface area contributed by atoms with Gasteiger partial charge in [0.05, 0.1) is 11.6 Å². The summed E-state index contributed by atoms with van der Waals surface area (Å²) >= 11 is 0. The second kappa shape index (κ2) is 12.7. The van der Waals surface area contributed by atoms with Crippen LogP contribution in [0.1, 0.15) is 33.3 Å². The Kier molecular flexibility index (Phi) is 9.40. The highest BCUT2D eigenvalue weighted by Gasteiger charge is 2.53. The number of carbonyl (C=O) groups excluding carboxylic acids is 4. The predicted molar refractivity (Wildman–Crippen MR) is 129 cm³/mol. The Morgan fingerprint density at radius 1 is 0.737 bits per heavy atom. The third-order valence-electron chi connectivity index (χ3n) is 5.40. The van der Waals surface area contributed by atoms with Gasteiger partial charge in [0.1, 0.15) is 18.5 Å². The molecule has 38 heavy (non-hydrogen) atoms. The van der Waals surface area contributed by atoms with Crippen LogP contribution in [0.25, 0.3) is 11.1 Å². The fourth-order valence-corrected chi connectivity index (χ4v) is 3.88. The Bertz CT molecular complexity index is 1200. The summed E-state index contributed by atoms with van der Waals surface area (Å²) in [4.78, 5) is 47.2. The van der Waals surface area contributed by atoms with Crippen molar-refractivity contribution in [2.24, 2.45) is 0 Å². The van der Waals surface area contributed by atoms with Gasteiger partial charge in [0, 0.05) is 27.7 Å². The van der Waals surface area contributed by atoms with Gasteiger partial charge in [-0.3, -0.25) is 19.2 Å². The number of hydrogen-bond acceptors (Lipinski definition) is 11. The van der Waals surface area contributed by atoms with Gasteiger partial charge in [-0.1, -0.05) is 24.3 Å².